The molecule has 0 spiro atoms. The summed E-state index contributed by atoms with van der Waals surface area (Å²) in [5.74, 6) is 1.07. The van der Waals surface area contributed by atoms with Crippen molar-refractivity contribution in [2.24, 2.45) is 4.99 Å². The molecule has 2 aromatic rings. The molecule has 21 heavy (non-hydrogen) atoms. The minimum absolute atomic E-state index is 0.490. The first-order valence-electron chi connectivity index (χ1n) is 7.51. The van der Waals surface area contributed by atoms with Crippen LogP contribution in [0.15, 0.2) is 11.1 Å². The molecule has 0 atom stereocenters. The van der Waals surface area contributed by atoms with Crippen LogP contribution in [0.4, 0.5) is 0 Å². The zero-order chi connectivity index (χ0) is 14.4. The fraction of sp³-hybridized carbons (Fsp3) is 0.500. The molecule has 4 nitrogen and oxygen atoms in total. The van der Waals surface area contributed by atoms with E-state index in [9.17, 15) is 0 Å². The monoisotopic (exact) mass is 301 g/mol. The smallest absolute Gasteiger partial charge is 0.139 e. The van der Waals surface area contributed by atoms with Gasteiger partial charge in [0.05, 0.1) is 11.4 Å². The predicted molar refractivity (Wildman–Crippen MR) is 86.3 cm³/mol. The van der Waals surface area contributed by atoms with Gasteiger partial charge in [0.2, 0.25) is 0 Å². The van der Waals surface area contributed by atoms with Crippen LogP contribution < -0.4 is 5.32 Å². The number of aliphatic imine (C=N–C) groups is 1. The van der Waals surface area contributed by atoms with Gasteiger partial charge < -0.3 is 10.1 Å². The Morgan fingerprint density at radius 1 is 1.29 bits per heavy atom. The quantitative estimate of drug-likeness (QED) is 0.881. The second kappa shape index (κ2) is 5.07. The van der Waals surface area contributed by atoms with Crippen molar-refractivity contribution < 1.29 is 4.74 Å². The highest BCUT2D eigenvalue weighted by Crippen LogP contribution is 2.36. The molecular weight excluding hydrogens is 282 g/mol. The number of amidine groups is 1. The maximum absolute atomic E-state index is 5.42. The summed E-state index contributed by atoms with van der Waals surface area (Å²) in [5, 5.41) is 4.93. The van der Waals surface area contributed by atoms with Crippen LogP contribution in [0.2, 0.25) is 0 Å². The number of rotatable bonds is 1. The van der Waals surface area contributed by atoms with Crippen LogP contribution in [0.3, 0.4) is 0 Å². The largest absolute Gasteiger partial charge is 0.381 e. The summed E-state index contributed by atoms with van der Waals surface area (Å²) >= 11 is 1.78. The number of nitrogens with one attached hydrogen (secondary N) is 1. The van der Waals surface area contributed by atoms with Gasteiger partial charge >= 0.3 is 0 Å². The van der Waals surface area contributed by atoms with Crippen LogP contribution in [0.25, 0.3) is 10.2 Å². The van der Waals surface area contributed by atoms with Crippen molar-refractivity contribution in [2.45, 2.75) is 39.3 Å². The molecule has 0 amide bonds. The van der Waals surface area contributed by atoms with E-state index in [0.29, 0.717) is 6.04 Å². The van der Waals surface area contributed by atoms with Gasteiger partial charge in [-0.1, -0.05) is 0 Å². The molecule has 110 valence electrons. The third-order valence-electron chi connectivity index (χ3n) is 4.26. The number of ether oxygens (including phenoxy) is 1. The minimum Gasteiger partial charge on any atom is -0.381 e. The molecule has 1 saturated heterocycles. The van der Waals surface area contributed by atoms with Crippen molar-refractivity contribution in [3.63, 3.8) is 0 Å². The molecule has 0 unspecified atom stereocenters. The Hall–Kier alpha value is -1.46. The third-order valence-corrected chi connectivity index (χ3v) is 5.39. The maximum atomic E-state index is 5.42. The van der Waals surface area contributed by atoms with E-state index in [2.05, 4.69) is 25.2 Å². The standard InChI is InChI=1S/C16H19N3OS/c1-9-7-10(2)18-16-13(9)12-8-17-15(14(12)21-16)19-11-3-5-20-6-4-11/h7,11H,3-6,8H2,1-2H3,(H,17,19). The van der Waals surface area contributed by atoms with Gasteiger partial charge in [0.15, 0.2) is 0 Å². The van der Waals surface area contributed by atoms with Crippen LogP contribution >= 0.6 is 11.3 Å². The van der Waals surface area contributed by atoms with Crippen molar-refractivity contribution >= 4 is 27.4 Å². The lowest BCUT2D eigenvalue weighted by atomic mass is 10.1. The molecule has 4 heterocycles. The molecule has 0 saturated carbocycles. The number of thiophene rings is 1. The van der Waals surface area contributed by atoms with E-state index in [1.54, 1.807) is 11.3 Å². The zero-order valence-electron chi connectivity index (χ0n) is 12.4. The van der Waals surface area contributed by atoms with Gasteiger partial charge in [0.25, 0.3) is 0 Å². The Bertz CT molecular complexity index is 729. The normalized spacial score (nSPS) is 18.9. The summed E-state index contributed by atoms with van der Waals surface area (Å²) in [5.41, 5.74) is 3.77. The van der Waals surface area contributed by atoms with Crippen LogP contribution in [-0.4, -0.2) is 30.1 Å². The molecule has 5 heteroatoms. The molecule has 1 N–H and O–H groups in total. The average molecular weight is 301 g/mol. The SMILES string of the molecule is Cc1cc(C)c2c3c(sc2n1)C(NC1CCOCC1)=NC3. The van der Waals surface area contributed by atoms with Gasteiger partial charge in [-0.25, -0.2) is 4.98 Å². The maximum Gasteiger partial charge on any atom is 0.139 e. The van der Waals surface area contributed by atoms with Gasteiger partial charge in [-0.3, -0.25) is 4.99 Å². The zero-order valence-corrected chi connectivity index (χ0v) is 13.2. The van der Waals surface area contributed by atoms with Crippen molar-refractivity contribution in [1.82, 2.24) is 10.3 Å². The van der Waals surface area contributed by atoms with E-state index < -0.39 is 0 Å². The van der Waals surface area contributed by atoms with Crippen LogP contribution in [0.1, 0.15) is 34.5 Å². The van der Waals surface area contributed by atoms with Gasteiger partial charge in [-0.15, -0.1) is 11.3 Å². The molecule has 2 aliphatic heterocycles. The van der Waals surface area contributed by atoms with Crippen molar-refractivity contribution in [3.05, 3.63) is 27.8 Å². The van der Waals surface area contributed by atoms with Gasteiger partial charge in [-0.2, -0.15) is 0 Å². The molecular formula is C16H19N3OS. The summed E-state index contributed by atoms with van der Waals surface area (Å²) in [6.07, 6.45) is 2.13. The Balaban J connectivity index is 1.69. The Labute approximate surface area is 128 Å². The summed E-state index contributed by atoms with van der Waals surface area (Å²) in [4.78, 5) is 11.9. The van der Waals surface area contributed by atoms with Crippen LogP contribution in [0.5, 0.6) is 0 Å². The molecule has 4 rings (SSSR count). The molecule has 2 aromatic heterocycles. The summed E-state index contributed by atoms with van der Waals surface area (Å²) in [6, 6.07) is 2.66. The van der Waals surface area contributed by atoms with Crippen LogP contribution in [-0.2, 0) is 11.3 Å². The molecule has 1 fully saturated rings. The highest BCUT2D eigenvalue weighted by Gasteiger charge is 2.25. The topological polar surface area (TPSA) is 46.5 Å². The lowest BCUT2D eigenvalue weighted by Crippen LogP contribution is -2.38. The first-order valence-corrected chi connectivity index (χ1v) is 8.33. The van der Waals surface area contributed by atoms with Gasteiger partial charge in [-0.05, 0) is 38.3 Å². The Kier molecular flexibility index (Phi) is 3.19. The van der Waals surface area contributed by atoms with Crippen molar-refractivity contribution in [2.75, 3.05) is 13.2 Å². The molecule has 0 bridgehead atoms. The number of nitrogens with zero attached hydrogens (tertiary/aromatic N) is 2. The average Bonchev–Trinajstić information content (AvgIpc) is 2.99. The number of hydrogen-bond acceptors (Lipinski definition) is 5. The van der Waals surface area contributed by atoms with Crippen molar-refractivity contribution in [3.8, 4) is 0 Å². The molecule has 0 radical (unpaired) electrons. The highest BCUT2D eigenvalue weighted by molar-refractivity contribution is 7.20. The summed E-state index contributed by atoms with van der Waals surface area (Å²) in [7, 11) is 0. The van der Waals surface area contributed by atoms with Gasteiger partial charge in [0, 0.05) is 35.9 Å². The van der Waals surface area contributed by atoms with Crippen LogP contribution in [0, 0.1) is 13.8 Å². The first kappa shape index (κ1) is 13.2. The fourth-order valence-electron chi connectivity index (χ4n) is 3.23. The lowest BCUT2D eigenvalue weighted by Gasteiger charge is -2.23. The number of aryl methyl sites for hydroxylation is 2. The van der Waals surface area contributed by atoms with E-state index in [1.807, 2.05) is 0 Å². The third kappa shape index (κ3) is 2.24. The van der Waals surface area contributed by atoms with E-state index in [-0.39, 0.29) is 0 Å². The highest BCUT2D eigenvalue weighted by atomic mass is 32.1. The van der Waals surface area contributed by atoms with E-state index in [4.69, 9.17) is 14.7 Å². The predicted octanol–water partition coefficient (Wildman–Crippen LogP) is 2.94. The number of hydrogen-bond donors (Lipinski definition) is 1. The second-order valence-electron chi connectivity index (χ2n) is 5.87. The Morgan fingerprint density at radius 2 is 2.10 bits per heavy atom. The second-order valence-corrected chi connectivity index (χ2v) is 6.87. The van der Waals surface area contributed by atoms with E-state index in [0.717, 1.165) is 49.0 Å². The van der Waals surface area contributed by atoms with Crippen molar-refractivity contribution in [1.29, 1.82) is 0 Å². The minimum atomic E-state index is 0.490. The number of pyridine rings is 1. The van der Waals surface area contributed by atoms with Gasteiger partial charge in [0.1, 0.15) is 10.7 Å². The molecule has 0 aromatic carbocycles. The lowest BCUT2D eigenvalue weighted by molar-refractivity contribution is 0.0825. The number of aromatic nitrogens is 1. The summed E-state index contributed by atoms with van der Waals surface area (Å²) < 4.78 is 5.42. The van der Waals surface area contributed by atoms with E-state index >= 15 is 0 Å². The first-order chi connectivity index (χ1) is 10.2. The number of fused-ring (bicyclic) bond motifs is 3. The van der Waals surface area contributed by atoms with E-state index in [1.165, 1.54) is 21.4 Å². The molecule has 0 aliphatic carbocycles. The summed E-state index contributed by atoms with van der Waals surface area (Å²) in [6.45, 7) is 6.72. The fourth-order valence-corrected chi connectivity index (χ4v) is 4.51. The molecule has 2 aliphatic rings. The Morgan fingerprint density at radius 3 is 2.90 bits per heavy atom.